The van der Waals surface area contributed by atoms with Crippen LogP contribution in [0.1, 0.15) is 39.0 Å². The molecule has 2 rings (SSSR count). The molecule has 16 heavy (non-hydrogen) atoms. The van der Waals surface area contributed by atoms with Gasteiger partial charge in [-0.05, 0) is 44.7 Å². The minimum Gasteiger partial charge on any atom is -0.303 e. The minimum absolute atomic E-state index is 0.176. The van der Waals surface area contributed by atoms with Crippen molar-refractivity contribution in [1.82, 2.24) is 4.90 Å². The Morgan fingerprint density at radius 2 is 2.31 bits per heavy atom. The Hall–Kier alpha value is -0.700. The van der Waals surface area contributed by atoms with Crippen LogP contribution < -0.4 is 0 Å². The largest absolute Gasteiger partial charge is 0.303 e. The van der Waals surface area contributed by atoms with Crippen LogP contribution in [0.25, 0.3) is 0 Å². The third kappa shape index (κ3) is 2.19. The van der Waals surface area contributed by atoms with Gasteiger partial charge in [-0.25, -0.2) is 0 Å². The minimum atomic E-state index is -0.321. The molecule has 1 saturated heterocycles. The number of fused-ring (bicyclic) bond motifs is 1. The molecular weight excluding hydrogens is 202 g/mol. The summed E-state index contributed by atoms with van der Waals surface area (Å²) in [6, 6.07) is 0.488. The maximum atomic E-state index is 11.7. The van der Waals surface area contributed by atoms with Crippen LogP contribution in [0.3, 0.4) is 0 Å². The molecule has 3 unspecified atom stereocenters. The lowest BCUT2D eigenvalue weighted by Gasteiger charge is -2.44. The van der Waals surface area contributed by atoms with E-state index in [0.717, 1.165) is 32.2 Å². The van der Waals surface area contributed by atoms with E-state index in [1.807, 2.05) is 0 Å². The summed E-state index contributed by atoms with van der Waals surface area (Å²) >= 11 is 0. The zero-order valence-electron chi connectivity index (χ0n) is 10.0. The predicted molar refractivity (Wildman–Crippen MR) is 62.2 cm³/mol. The van der Waals surface area contributed by atoms with Gasteiger partial charge in [0.25, 0.3) is 0 Å². The highest BCUT2D eigenvalue weighted by molar-refractivity contribution is 5.94. The van der Waals surface area contributed by atoms with E-state index in [-0.39, 0.29) is 11.7 Å². The smallest absolute Gasteiger partial charge is 0.143 e. The maximum absolute atomic E-state index is 11.7. The summed E-state index contributed by atoms with van der Waals surface area (Å²) in [5.41, 5.74) is 0. The van der Waals surface area contributed by atoms with Crippen LogP contribution in [-0.4, -0.2) is 36.1 Å². The lowest BCUT2D eigenvalue weighted by atomic mass is 9.73. The van der Waals surface area contributed by atoms with Gasteiger partial charge in [-0.1, -0.05) is 6.92 Å². The molecule has 0 radical (unpaired) electrons. The van der Waals surface area contributed by atoms with Crippen molar-refractivity contribution >= 4 is 12.1 Å². The Bertz CT molecular complexity index is 275. The van der Waals surface area contributed by atoms with Crippen LogP contribution in [0.5, 0.6) is 0 Å². The number of ketones is 1. The first-order chi connectivity index (χ1) is 7.76. The van der Waals surface area contributed by atoms with Crippen molar-refractivity contribution in [2.45, 2.75) is 45.1 Å². The molecule has 0 amide bonds. The van der Waals surface area contributed by atoms with Gasteiger partial charge in [-0.3, -0.25) is 4.79 Å². The van der Waals surface area contributed by atoms with Crippen molar-refractivity contribution in [2.24, 2.45) is 11.8 Å². The summed E-state index contributed by atoms with van der Waals surface area (Å²) in [6.07, 6.45) is 5.80. The summed E-state index contributed by atoms with van der Waals surface area (Å²) in [7, 11) is 0. The van der Waals surface area contributed by atoms with Crippen LogP contribution in [0.4, 0.5) is 0 Å². The van der Waals surface area contributed by atoms with Gasteiger partial charge in [0, 0.05) is 12.5 Å². The summed E-state index contributed by atoms with van der Waals surface area (Å²) in [5.74, 6) is 0.373. The Kier molecular flexibility index (Phi) is 3.74. The van der Waals surface area contributed by atoms with E-state index in [1.165, 1.54) is 12.8 Å². The van der Waals surface area contributed by atoms with Crippen LogP contribution in [0.15, 0.2) is 0 Å². The highest BCUT2D eigenvalue weighted by Crippen LogP contribution is 2.35. The maximum Gasteiger partial charge on any atom is 0.143 e. The first-order valence-corrected chi connectivity index (χ1v) is 6.48. The van der Waals surface area contributed by atoms with E-state index in [1.54, 1.807) is 0 Å². The van der Waals surface area contributed by atoms with Crippen LogP contribution in [-0.2, 0) is 9.59 Å². The standard InChI is InChI=1S/C13H21NO2/c1-2-5-14-6-3-4-10-8-13(16)11(9-15)7-12(10)14/h9-12H,2-8H2,1H3. The summed E-state index contributed by atoms with van der Waals surface area (Å²) in [4.78, 5) is 25.1. The molecule has 0 aromatic heterocycles. The Morgan fingerprint density at radius 3 is 3.00 bits per heavy atom. The van der Waals surface area contributed by atoms with E-state index in [2.05, 4.69) is 11.8 Å². The molecule has 2 aliphatic rings. The monoisotopic (exact) mass is 223 g/mol. The molecule has 1 heterocycles. The molecule has 1 aliphatic carbocycles. The second-order valence-electron chi connectivity index (χ2n) is 5.15. The van der Waals surface area contributed by atoms with E-state index >= 15 is 0 Å². The second-order valence-corrected chi connectivity index (χ2v) is 5.15. The van der Waals surface area contributed by atoms with Crippen LogP contribution in [0, 0.1) is 11.8 Å². The second kappa shape index (κ2) is 5.09. The van der Waals surface area contributed by atoms with E-state index in [9.17, 15) is 9.59 Å². The number of aldehydes is 1. The Morgan fingerprint density at radius 1 is 1.50 bits per heavy atom. The van der Waals surface area contributed by atoms with E-state index < -0.39 is 0 Å². The molecule has 3 atom stereocenters. The lowest BCUT2D eigenvalue weighted by molar-refractivity contribution is -0.133. The normalized spacial score (nSPS) is 35.8. The van der Waals surface area contributed by atoms with Crippen LogP contribution >= 0.6 is 0 Å². The fourth-order valence-corrected chi connectivity index (χ4v) is 3.29. The van der Waals surface area contributed by atoms with Crippen molar-refractivity contribution in [3.8, 4) is 0 Å². The number of carbonyl (C=O) groups is 2. The van der Waals surface area contributed by atoms with Crippen molar-refractivity contribution < 1.29 is 9.59 Å². The number of nitrogens with zero attached hydrogens (tertiary/aromatic N) is 1. The van der Waals surface area contributed by atoms with Gasteiger partial charge < -0.3 is 9.69 Å². The van der Waals surface area contributed by atoms with Gasteiger partial charge >= 0.3 is 0 Å². The summed E-state index contributed by atoms with van der Waals surface area (Å²) in [6.45, 7) is 4.45. The molecule has 0 aromatic rings. The average Bonchev–Trinajstić information content (AvgIpc) is 2.29. The molecule has 0 aromatic carbocycles. The van der Waals surface area contributed by atoms with Crippen molar-refractivity contribution in [3.63, 3.8) is 0 Å². The first-order valence-electron chi connectivity index (χ1n) is 6.48. The summed E-state index contributed by atoms with van der Waals surface area (Å²) < 4.78 is 0. The first kappa shape index (κ1) is 11.8. The number of carbonyl (C=O) groups excluding carboxylic acids is 2. The van der Waals surface area contributed by atoms with Crippen LogP contribution in [0.2, 0.25) is 0 Å². The van der Waals surface area contributed by atoms with Crippen molar-refractivity contribution in [2.75, 3.05) is 13.1 Å². The van der Waals surface area contributed by atoms with E-state index in [4.69, 9.17) is 0 Å². The molecule has 0 spiro atoms. The number of rotatable bonds is 3. The fraction of sp³-hybridized carbons (Fsp3) is 0.846. The SMILES string of the molecule is CCCN1CCCC2CC(=O)C(C=O)CC21. The number of likely N-dealkylation sites (tertiary alicyclic amines) is 1. The highest BCUT2D eigenvalue weighted by Gasteiger charge is 2.40. The molecular formula is C13H21NO2. The lowest BCUT2D eigenvalue weighted by Crippen LogP contribution is -2.51. The molecule has 1 saturated carbocycles. The van der Waals surface area contributed by atoms with Gasteiger partial charge in [0.1, 0.15) is 12.1 Å². The fourth-order valence-electron chi connectivity index (χ4n) is 3.29. The molecule has 2 fully saturated rings. The number of Topliss-reactive ketones (excluding diaryl/α,β-unsaturated/α-hetero) is 1. The zero-order chi connectivity index (χ0) is 11.5. The van der Waals surface area contributed by atoms with E-state index in [0.29, 0.717) is 18.4 Å². The third-order valence-corrected chi connectivity index (χ3v) is 4.08. The molecule has 0 bridgehead atoms. The molecule has 90 valence electrons. The molecule has 3 nitrogen and oxygen atoms in total. The van der Waals surface area contributed by atoms with Gasteiger partial charge in [0.15, 0.2) is 0 Å². The van der Waals surface area contributed by atoms with Crippen molar-refractivity contribution in [3.05, 3.63) is 0 Å². The van der Waals surface area contributed by atoms with Gasteiger partial charge in [-0.2, -0.15) is 0 Å². The number of piperidine rings is 1. The number of hydrogen-bond acceptors (Lipinski definition) is 3. The van der Waals surface area contributed by atoms with Gasteiger partial charge in [-0.15, -0.1) is 0 Å². The quantitative estimate of drug-likeness (QED) is 0.539. The highest BCUT2D eigenvalue weighted by atomic mass is 16.1. The zero-order valence-corrected chi connectivity index (χ0v) is 10.0. The molecule has 0 N–H and O–H groups in total. The molecule has 3 heteroatoms. The van der Waals surface area contributed by atoms with Crippen molar-refractivity contribution in [1.29, 1.82) is 0 Å². The molecule has 1 aliphatic heterocycles. The topological polar surface area (TPSA) is 37.4 Å². The summed E-state index contributed by atoms with van der Waals surface area (Å²) in [5, 5.41) is 0. The Balaban J connectivity index is 2.07. The van der Waals surface area contributed by atoms with Gasteiger partial charge in [0.2, 0.25) is 0 Å². The average molecular weight is 223 g/mol. The predicted octanol–water partition coefficient (Wildman–Crippen LogP) is 1.66. The van der Waals surface area contributed by atoms with Gasteiger partial charge in [0.05, 0.1) is 5.92 Å². The number of hydrogen-bond donors (Lipinski definition) is 0. The third-order valence-electron chi connectivity index (χ3n) is 4.08. The Labute approximate surface area is 97.2 Å².